The third-order valence-corrected chi connectivity index (χ3v) is 2.56. The zero-order valence-corrected chi connectivity index (χ0v) is 11.0. The quantitative estimate of drug-likeness (QED) is 0.595. The summed E-state index contributed by atoms with van der Waals surface area (Å²) in [6, 6.07) is 0. The molecule has 0 aromatic carbocycles. The molecule has 0 atom stereocenters. The number of anilines is 1. The first-order valence-corrected chi connectivity index (χ1v) is 5.69. The maximum Gasteiger partial charge on any atom is 0.308 e. The van der Waals surface area contributed by atoms with E-state index in [1.54, 1.807) is 0 Å². The van der Waals surface area contributed by atoms with Gasteiger partial charge in [0.25, 0.3) is 0 Å². The Labute approximate surface area is 110 Å². The summed E-state index contributed by atoms with van der Waals surface area (Å²) in [6.45, 7) is 5.15. The fourth-order valence-electron chi connectivity index (χ4n) is 1.48. The summed E-state index contributed by atoms with van der Waals surface area (Å²) in [5, 5.41) is 22.3. The Hall–Kier alpha value is -2.25. The lowest BCUT2D eigenvalue weighted by atomic mass is 9.99. The average Bonchev–Trinajstić information content (AvgIpc) is 2.25. The molecule has 19 heavy (non-hydrogen) atoms. The smallest absolute Gasteiger partial charge is 0.308 e. The molecule has 8 heteroatoms. The summed E-state index contributed by atoms with van der Waals surface area (Å²) in [4.78, 5) is 28.5. The van der Waals surface area contributed by atoms with E-state index < -0.39 is 16.4 Å². The van der Waals surface area contributed by atoms with Gasteiger partial charge in [-0.05, 0) is 27.2 Å². The van der Waals surface area contributed by atoms with Crippen LogP contribution in [0.2, 0.25) is 0 Å². The van der Waals surface area contributed by atoms with Crippen LogP contribution in [0.15, 0.2) is 6.20 Å². The molecule has 8 nitrogen and oxygen atoms in total. The normalized spacial score (nSPS) is 11.1. The highest BCUT2D eigenvalue weighted by atomic mass is 16.6. The number of carboxylic acid groups (broad SMARTS) is 1. The van der Waals surface area contributed by atoms with Crippen LogP contribution in [-0.2, 0) is 4.79 Å². The number of nitrogens with zero attached hydrogens (tertiary/aromatic N) is 3. The highest BCUT2D eigenvalue weighted by molar-refractivity contribution is 5.66. The molecule has 104 valence electrons. The van der Waals surface area contributed by atoms with E-state index in [0.717, 1.165) is 6.20 Å². The first kappa shape index (κ1) is 14.8. The summed E-state index contributed by atoms with van der Waals surface area (Å²) in [6.07, 6.45) is 1.55. The molecular weight excluding hydrogens is 252 g/mol. The first-order chi connectivity index (χ1) is 8.71. The molecular formula is C11H16N4O4. The van der Waals surface area contributed by atoms with Crippen LogP contribution < -0.4 is 5.32 Å². The van der Waals surface area contributed by atoms with Crippen LogP contribution >= 0.6 is 0 Å². The predicted octanol–water partition coefficient (Wildman–Crippen LogP) is 1.75. The monoisotopic (exact) mass is 268 g/mol. The molecule has 0 aliphatic rings. The average molecular weight is 268 g/mol. The Morgan fingerprint density at radius 2 is 2.21 bits per heavy atom. The number of hydrogen-bond donors (Lipinski definition) is 2. The van der Waals surface area contributed by atoms with Crippen molar-refractivity contribution in [3.8, 4) is 0 Å². The SMILES string of the molecule is Cc1nc(NC(C)(C)CCC(=O)O)ncc1[N+](=O)[O-]. The summed E-state index contributed by atoms with van der Waals surface area (Å²) >= 11 is 0. The lowest BCUT2D eigenvalue weighted by Crippen LogP contribution is -2.32. The summed E-state index contributed by atoms with van der Waals surface area (Å²) in [5.74, 6) is -0.630. The Kier molecular flexibility index (Phi) is 4.36. The summed E-state index contributed by atoms with van der Waals surface area (Å²) in [5.41, 5.74) is -0.397. The number of aryl methyl sites for hydroxylation is 1. The van der Waals surface area contributed by atoms with Crippen molar-refractivity contribution >= 4 is 17.6 Å². The van der Waals surface area contributed by atoms with E-state index in [2.05, 4.69) is 15.3 Å². The minimum absolute atomic E-state index is 0.0198. The van der Waals surface area contributed by atoms with E-state index in [-0.39, 0.29) is 23.8 Å². The standard InChI is InChI=1S/C11H16N4O4/c1-7-8(15(18)19)6-12-10(13-7)14-11(2,3)5-4-9(16)17/h6H,4-5H2,1-3H3,(H,16,17)(H,12,13,14). The van der Waals surface area contributed by atoms with Crippen molar-refractivity contribution in [3.63, 3.8) is 0 Å². The first-order valence-electron chi connectivity index (χ1n) is 5.69. The van der Waals surface area contributed by atoms with E-state index >= 15 is 0 Å². The van der Waals surface area contributed by atoms with Crippen LogP contribution in [0.4, 0.5) is 11.6 Å². The van der Waals surface area contributed by atoms with Gasteiger partial charge < -0.3 is 10.4 Å². The third-order valence-electron chi connectivity index (χ3n) is 2.56. The zero-order chi connectivity index (χ0) is 14.6. The fourth-order valence-corrected chi connectivity index (χ4v) is 1.48. The van der Waals surface area contributed by atoms with E-state index in [9.17, 15) is 14.9 Å². The number of hydrogen-bond acceptors (Lipinski definition) is 6. The van der Waals surface area contributed by atoms with Gasteiger partial charge >= 0.3 is 11.7 Å². The Balaban J connectivity index is 2.79. The van der Waals surface area contributed by atoms with Crippen LogP contribution in [0.1, 0.15) is 32.4 Å². The van der Waals surface area contributed by atoms with E-state index in [4.69, 9.17) is 5.11 Å². The number of carbonyl (C=O) groups is 1. The molecule has 0 saturated carbocycles. The van der Waals surface area contributed by atoms with Crippen molar-refractivity contribution in [2.24, 2.45) is 0 Å². The van der Waals surface area contributed by atoms with Gasteiger partial charge in [0, 0.05) is 12.0 Å². The molecule has 0 amide bonds. The lowest BCUT2D eigenvalue weighted by Gasteiger charge is -2.25. The number of nitrogens with one attached hydrogen (secondary N) is 1. The van der Waals surface area contributed by atoms with Gasteiger partial charge in [0.05, 0.1) is 4.92 Å². The molecule has 1 heterocycles. The van der Waals surface area contributed by atoms with Crippen molar-refractivity contribution in [3.05, 3.63) is 22.0 Å². The summed E-state index contributed by atoms with van der Waals surface area (Å²) in [7, 11) is 0. The molecule has 0 aliphatic carbocycles. The van der Waals surface area contributed by atoms with E-state index in [1.807, 2.05) is 13.8 Å². The number of aromatic nitrogens is 2. The third kappa shape index (κ3) is 4.49. The molecule has 0 unspecified atom stereocenters. The molecule has 0 bridgehead atoms. The van der Waals surface area contributed by atoms with Gasteiger partial charge in [-0.25, -0.2) is 9.97 Å². The molecule has 2 N–H and O–H groups in total. The minimum Gasteiger partial charge on any atom is -0.481 e. The van der Waals surface area contributed by atoms with Crippen molar-refractivity contribution in [1.82, 2.24) is 9.97 Å². The molecule has 0 aliphatic heterocycles. The zero-order valence-electron chi connectivity index (χ0n) is 11.0. The maximum absolute atomic E-state index is 10.6. The molecule has 0 fully saturated rings. The Morgan fingerprint density at radius 3 is 2.68 bits per heavy atom. The van der Waals surface area contributed by atoms with Crippen LogP contribution in [0, 0.1) is 17.0 Å². The molecule has 0 spiro atoms. The fraction of sp³-hybridized carbons (Fsp3) is 0.545. The number of carboxylic acids is 1. The second-order valence-corrected chi connectivity index (χ2v) is 4.82. The molecule has 0 radical (unpaired) electrons. The Bertz CT molecular complexity index is 501. The van der Waals surface area contributed by atoms with Gasteiger partial charge in [-0.1, -0.05) is 0 Å². The second-order valence-electron chi connectivity index (χ2n) is 4.82. The number of rotatable bonds is 6. The highest BCUT2D eigenvalue weighted by Crippen LogP contribution is 2.20. The molecule has 1 aromatic heterocycles. The van der Waals surface area contributed by atoms with E-state index in [1.165, 1.54) is 6.92 Å². The lowest BCUT2D eigenvalue weighted by molar-refractivity contribution is -0.386. The van der Waals surface area contributed by atoms with Gasteiger partial charge in [0.15, 0.2) is 0 Å². The Morgan fingerprint density at radius 1 is 1.58 bits per heavy atom. The molecule has 0 saturated heterocycles. The van der Waals surface area contributed by atoms with Crippen LogP contribution in [0.25, 0.3) is 0 Å². The van der Waals surface area contributed by atoms with Crippen molar-refractivity contribution in [2.75, 3.05) is 5.32 Å². The topological polar surface area (TPSA) is 118 Å². The minimum atomic E-state index is -0.879. The maximum atomic E-state index is 10.6. The molecule has 1 rings (SSSR count). The predicted molar refractivity (Wildman–Crippen MR) is 68.0 cm³/mol. The van der Waals surface area contributed by atoms with Gasteiger partial charge in [-0.2, -0.15) is 0 Å². The second kappa shape index (κ2) is 5.59. The van der Waals surface area contributed by atoms with Crippen LogP contribution in [0.5, 0.6) is 0 Å². The van der Waals surface area contributed by atoms with Crippen LogP contribution in [-0.4, -0.2) is 31.5 Å². The van der Waals surface area contributed by atoms with Crippen LogP contribution in [0.3, 0.4) is 0 Å². The van der Waals surface area contributed by atoms with Gasteiger partial charge in [-0.3, -0.25) is 14.9 Å². The largest absolute Gasteiger partial charge is 0.481 e. The molecule has 1 aromatic rings. The van der Waals surface area contributed by atoms with Gasteiger partial charge in [0.1, 0.15) is 11.9 Å². The van der Waals surface area contributed by atoms with Gasteiger partial charge in [-0.15, -0.1) is 0 Å². The highest BCUT2D eigenvalue weighted by Gasteiger charge is 2.21. The summed E-state index contributed by atoms with van der Waals surface area (Å²) < 4.78 is 0. The van der Waals surface area contributed by atoms with E-state index in [0.29, 0.717) is 6.42 Å². The van der Waals surface area contributed by atoms with Crippen molar-refractivity contribution in [1.29, 1.82) is 0 Å². The number of nitro groups is 1. The number of aliphatic carboxylic acids is 1. The van der Waals surface area contributed by atoms with Gasteiger partial charge in [0.2, 0.25) is 5.95 Å². The van der Waals surface area contributed by atoms with Crippen molar-refractivity contribution < 1.29 is 14.8 Å². The van der Waals surface area contributed by atoms with Crippen molar-refractivity contribution in [2.45, 2.75) is 39.2 Å².